The van der Waals surface area contributed by atoms with Crippen LogP contribution in [0.4, 0.5) is 5.69 Å². The van der Waals surface area contributed by atoms with Crippen LogP contribution in [0.2, 0.25) is 0 Å². The van der Waals surface area contributed by atoms with Crippen LogP contribution in [0.1, 0.15) is 23.2 Å². The van der Waals surface area contributed by atoms with E-state index in [1.165, 1.54) is 0 Å². The Labute approximate surface area is 108 Å². The first-order chi connectivity index (χ1) is 8.58. The Morgan fingerprint density at radius 1 is 1.33 bits per heavy atom. The van der Waals surface area contributed by atoms with Gasteiger partial charge in [0.05, 0.1) is 0 Å². The monoisotopic (exact) mass is 247 g/mol. The summed E-state index contributed by atoms with van der Waals surface area (Å²) in [6.07, 6.45) is 1.80. The van der Waals surface area contributed by atoms with E-state index in [9.17, 15) is 4.79 Å². The van der Waals surface area contributed by atoms with Crippen LogP contribution in [0, 0.1) is 0 Å². The number of nitrogens with two attached hydrogens (primary N) is 1. The van der Waals surface area contributed by atoms with Gasteiger partial charge in [0.1, 0.15) is 0 Å². The van der Waals surface area contributed by atoms with E-state index in [0.29, 0.717) is 0 Å². The first-order valence-electron chi connectivity index (χ1n) is 6.40. The van der Waals surface area contributed by atoms with Crippen molar-refractivity contribution in [2.45, 2.75) is 18.9 Å². The van der Waals surface area contributed by atoms with Crippen molar-refractivity contribution in [2.75, 3.05) is 32.1 Å². The van der Waals surface area contributed by atoms with Gasteiger partial charge in [-0.2, -0.15) is 0 Å². The molecule has 1 amide bonds. The zero-order valence-corrected chi connectivity index (χ0v) is 11.1. The Balaban J connectivity index is 2.11. The van der Waals surface area contributed by atoms with Crippen LogP contribution in [0.3, 0.4) is 0 Å². The lowest BCUT2D eigenvalue weighted by Crippen LogP contribution is -2.42. The highest BCUT2D eigenvalue weighted by molar-refractivity contribution is 5.95. The van der Waals surface area contributed by atoms with E-state index in [0.717, 1.165) is 37.2 Å². The van der Waals surface area contributed by atoms with Crippen molar-refractivity contribution in [1.29, 1.82) is 0 Å². The average molecular weight is 247 g/mol. The molecule has 4 heteroatoms. The number of carbonyl (C=O) groups is 1. The van der Waals surface area contributed by atoms with E-state index < -0.39 is 0 Å². The molecule has 1 heterocycles. The van der Waals surface area contributed by atoms with E-state index in [-0.39, 0.29) is 11.9 Å². The summed E-state index contributed by atoms with van der Waals surface area (Å²) in [5, 5.41) is 0. The van der Waals surface area contributed by atoms with Crippen molar-refractivity contribution >= 4 is 11.6 Å². The van der Waals surface area contributed by atoms with Crippen molar-refractivity contribution in [2.24, 2.45) is 5.73 Å². The number of benzene rings is 1. The van der Waals surface area contributed by atoms with Crippen LogP contribution in [0.25, 0.3) is 0 Å². The fourth-order valence-corrected chi connectivity index (χ4v) is 2.20. The molecule has 1 aliphatic heterocycles. The summed E-state index contributed by atoms with van der Waals surface area (Å²) in [7, 11) is 3.95. The number of piperidine rings is 1. The lowest BCUT2D eigenvalue weighted by Gasteiger charge is -2.30. The largest absolute Gasteiger partial charge is 0.378 e. The summed E-state index contributed by atoms with van der Waals surface area (Å²) in [4.78, 5) is 16.3. The number of hydrogen-bond donors (Lipinski definition) is 1. The predicted molar refractivity (Wildman–Crippen MR) is 73.9 cm³/mol. The van der Waals surface area contributed by atoms with Gasteiger partial charge in [0, 0.05) is 44.5 Å². The Kier molecular flexibility index (Phi) is 3.87. The van der Waals surface area contributed by atoms with E-state index in [1.807, 2.05) is 48.2 Å². The molecule has 1 aromatic rings. The third kappa shape index (κ3) is 2.82. The number of hydrogen-bond acceptors (Lipinski definition) is 3. The summed E-state index contributed by atoms with van der Waals surface area (Å²) in [6.45, 7) is 1.54. The standard InChI is InChI=1S/C14H21N3O/c1-16(2)13-5-3-4-11(10-13)14(18)17-8-6-12(15)7-9-17/h3-5,10,12H,6-9,15H2,1-2H3. The molecule has 0 atom stereocenters. The molecular weight excluding hydrogens is 226 g/mol. The molecular formula is C14H21N3O. The molecule has 0 saturated carbocycles. The maximum absolute atomic E-state index is 12.3. The van der Waals surface area contributed by atoms with Crippen LogP contribution >= 0.6 is 0 Å². The van der Waals surface area contributed by atoms with Gasteiger partial charge in [0.2, 0.25) is 0 Å². The molecule has 1 fully saturated rings. The van der Waals surface area contributed by atoms with Crippen molar-refractivity contribution < 1.29 is 4.79 Å². The van der Waals surface area contributed by atoms with Crippen LogP contribution in [0.15, 0.2) is 24.3 Å². The third-order valence-corrected chi connectivity index (χ3v) is 3.44. The van der Waals surface area contributed by atoms with Gasteiger partial charge in [-0.1, -0.05) is 6.07 Å². The molecule has 1 saturated heterocycles. The molecule has 2 N–H and O–H groups in total. The maximum Gasteiger partial charge on any atom is 0.253 e. The van der Waals surface area contributed by atoms with Crippen molar-refractivity contribution in [3.05, 3.63) is 29.8 Å². The Morgan fingerprint density at radius 2 is 2.00 bits per heavy atom. The summed E-state index contributed by atoms with van der Waals surface area (Å²) in [6, 6.07) is 8.00. The van der Waals surface area contributed by atoms with Crippen molar-refractivity contribution in [3.8, 4) is 0 Å². The smallest absolute Gasteiger partial charge is 0.253 e. The number of likely N-dealkylation sites (tertiary alicyclic amines) is 1. The van der Waals surface area contributed by atoms with Gasteiger partial charge in [-0.25, -0.2) is 0 Å². The zero-order chi connectivity index (χ0) is 13.1. The molecule has 0 bridgehead atoms. The lowest BCUT2D eigenvalue weighted by molar-refractivity contribution is 0.0715. The van der Waals surface area contributed by atoms with Gasteiger partial charge in [-0.15, -0.1) is 0 Å². The van der Waals surface area contributed by atoms with E-state index in [4.69, 9.17) is 5.73 Å². The molecule has 0 aliphatic carbocycles. The summed E-state index contributed by atoms with van der Waals surface area (Å²) < 4.78 is 0. The van der Waals surface area contributed by atoms with E-state index >= 15 is 0 Å². The summed E-state index contributed by atoms with van der Waals surface area (Å²) >= 11 is 0. The minimum Gasteiger partial charge on any atom is -0.378 e. The minimum atomic E-state index is 0.116. The first-order valence-corrected chi connectivity index (χ1v) is 6.40. The quantitative estimate of drug-likeness (QED) is 0.857. The molecule has 0 spiro atoms. The molecule has 1 aromatic carbocycles. The van der Waals surface area contributed by atoms with Gasteiger partial charge in [-0.05, 0) is 31.0 Å². The molecule has 4 nitrogen and oxygen atoms in total. The predicted octanol–water partition coefficient (Wildman–Crippen LogP) is 1.32. The highest BCUT2D eigenvalue weighted by Gasteiger charge is 2.21. The Bertz CT molecular complexity index is 423. The summed E-state index contributed by atoms with van der Waals surface area (Å²) in [5.41, 5.74) is 7.67. The lowest BCUT2D eigenvalue weighted by atomic mass is 10.0. The number of nitrogens with zero attached hydrogens (tertiary/aromatic N) is 2. The molecule has 98 valence electrons. The fraction of sp³-hybridized carbons (Fsp3) is 0.500. The average Bonchev–Trinajstić information content (AvgIpc) is 2.39. The third-order valence-electron chi connectivity index (χ3n) is 3.44. The zero-order valence-electron chi connectivity index (χ0n) is 11.1. The van der Waals surface area contributed by atoms with Crippen LogP contribution < -0.4 is 10.6 Å². The van der Waals surface area contributed by atoms with Crippen LogP contribution in [-0.2, 0) is 0 Å². The fourth-order valence-electron chi connectivity index (χ4n) is 2.20. The van der Waals surface area contributed by atoms with Crippen LogP contribution in [0.5, 0.6) is 0 Å². The van der Waals surface area contributed by atoms with Gasteiger partial charge in [-0.3, -0.25) is 4.79 Å². The molecule has 0 aromatic heterocycles. The van der Waals surface area contributed by atoms with Crippen molar-refractivity contribution in [1.82, 2.24) is 4.90 Å². The number of amides is 1. The minimum absolute atomic E-state index is 0.116. The van der Waals surface area contributed by atoms with Gasteiger partial charge in [0.25, 0.3) is 5.91 Å². The van der Waals surface area contributed by atoms with Gasteiger partial charge >= 0.3 is 0 Å². The molecule has 2 rings (SSSR count). The second-order valence-corrected chi connectivity index (χ2v) is 5.07. The number of rotatable bonds is 2. The Hall–Kier alpha value is -1.55. The number of anilines is 1. The molecule has 1 aliphatic rings. The maximum atomic E-state index is 12.3. The van der Waals surface area contributed by atoms with E-state index in [1.54, 1.807) is 0 Å². The topological polar surface area (TPSA) is 49.6 Å². The summed E-state index contributed by atoms with van der Waals surface area (Å²) in [5.74, 6) is 0.116. The highest BCUT2D eigenvalue weighted by Crippen LogP contribution is 2.17. The number of carbonyl (C=O) groups excluding carboxylic acids is 1. The SMILES string of the molecule is CN(C)c1cccc(C(=O)N2CCC(N)CC2)c1. The molecule has 0 unspecified atom stereocenters. The molecule has 0 radical (unpaired) electrons. The van der Waals surface area contributed by atoms with Gasteiger partial charge < -0.3 is 15.5 Å². The van der Waals surface area contributed by atoms with Crippen LogP contribution in [-0.4, -0.2) is 44.0 Å². The Morgan fingerprint density at radius 3 is 2.61 bits per heavy atom. The first kappa shape index (κ1) is 12.9. The van der Waals surface area contributed by atoms with Crippen molar-refractivity contribution in [3.63, 3.8) is 0 Å². The highest BCUT2D eigenvalue weighted by atomic mass is 16.2. The second-order valence-electron chi connectivity index (χ2n) is 5.07. The normalized spacial score (nSPS) is 16.7. The van der Waals surface area contributed by atoms with Gasteiger partial charge in [0.15, 0.2) is 0 Å². The second kappa shape index (κ2) is 5.40. The molecule has 18 heavy (non-hydrogen) atoms. The van der Waals surface area contributed by atoms with E-state index in [2.05, 4.69) is 0 Å².